The Morgan fingerprint density at radius 1 is 1.28 bits per heavy atom. The van der Waals surface area contributed by atoms with Crippen LogP contribution in [0.5, 0.6) is 0 Å². The number of aromatic nitrogens is 2. The van der Waals surface area contributed by atoms with E-state index < -0.39 is 49.1 Å². The summed E-state index contributed by atoms with van der Waals surface area (Å²) in [7, 11) is 0. The van der Waals surface area contributed by atoms with E-state index in [1.807, 2.05) is 0 Å². The number of hydrogen-bond donors (Lipinski definition) is 8. The van der Waals surface area contributed by atoms with Crippen molar-refractivity contribution in [2.75, 3.05) is 6.61 Å². The van der Waals surface area contributed by atoms with E-state index >= 15 is 0 Å². The number of aliphatic hydroxyl groups is 3. The van der Waals surface area contributed by atoms with Crippen LogP contribution in [0, 0.1) is 0 Å². The van der Waals surface area contributed by atoms with E-state index in [9.17, 15) is 19.8 Å². The van der Waals surface area contributed by atoms with Crippen molar-refractivity contribution >= 4 is 12.0 Å². The second-order valence-electron chi connectivity index (χ2n) is 5.31. The molecule has 0 aromatic carbocycles. The van der Waals surface area contributed by atoms with Crippen molar-refractivity contribution in [1.29, 1.82) is 0 Å². The summed E-state index contributed by atoms with van der Waals surface area (Å²) in [6.07, 6.45) is -2.92. The lowest BCUT2D eigenvalue weighted by molar-refractivity contribution is -0.141. The molecular weight excluding hydrogens is 340 g/mol. The lowest BCUT2D eigenvalue weighted by Crippen LogP contribution is -2.52. The molecule has 0 fully saturated rings. The van der Waals surface area contributed by atoms with Crippen molar-refractivity contribution in [3.05, 3.63) is 11.7 Å². The largest absolute Gasteiger partial charge is 0.480 e. The third-order valence-electron chi connectivity index (χ3n) is 3.10. The van der Waals surface area contributed by atoms with Gasteiger partial charge < -0.3 is 47.1 Å². The molecule has 0 aliphatic carbocycles. The van der Waals surface area contributed by atoms with Crippen molar-refractivity contribution in [3.8, 4) is 0 Å². The second-order valence-corrected chi connectivity index (χ2v) is 5.31. The topological polar surface area (TPSA) is 230 Å². The molecule has 1 aromatic heterocycles. The molecule has 0 aliphatic rings. The Hall–Kier alpha value is -2.32. The predicted molar refractivity (Wildman–Crippen MR) is 80.6 cm³/mol. The van der Waals surface area contributed by atoms with Crippen LogP contribution in [-0.4, -0.2) is 67.5 Å². The third kappa shape index (κ3) is 6.24. The number of aliphatic carboxylic acids is 1. The summed E-state index contributed by atoms with van der Waals surface area (Å²) < 4.78 is 4.92. The van der Waals surface area contributed by atoms with Crippen LogP contribution in [-0.2, 0) is 4.79 Å². The number of urea groups is 1. The molecule has 13 heteroatoms. The van der Waals surface area contributed by atoms with Crippen molar-refractivity contribution in [3.63, 3.8) is 0 Å². The first kappa shape index (κ1) is 20.7. The molecule has 0 spiro atoms. The Labute approximate surface area is 142 Å². The number of rotatable bonds is 9. The summed E-state index contributed by atoms with van der Waals surface area (Å²) in [5.74, 6) is -1.61. The number of carboxylic acid groups (broad SMARTS) is 1. The van der Waals surface area contributed by atoms with Crippen molar-refractivity contribution in [2.45, 2.75) is 43.8 Å². The fourth-order valence-corrected chi connectivity index (χ4v) is 1.81. The van der Waals surface area contributed by atoms with Gasteiger partial charge in [-0.05, 0) is 6.92 Å². The van der Waals surface area contributed by atoms with Crippen LogP contribution in [0.15, 0.2) is 4.52 Å². The average Bonchev–Trinajstić information content (AvgIpc) is 3.00. The number of hydrogen-bond acceptors (Lipinski definition) is 10. The first-order valence-corrected chi connectivity index (χ1v) is 7.27. The van der Waals surface area contributed by atoms with Gasteiger partial charge in [-0.1, -0.05) is 5.16 Å². The van der Waals surface area contributed by atoms with Crippen LogP contribution in [0.25, 0.3) is 0 Å². The highest BCUT2D eigenvalue weighted by Gasteiger charge is 2.28. The Bertz CT molecular complexity index is 578. The fourth-order valence-electron chi connectivity index (χ4n) is 1.81. The summed E-state index contributed by atoms with van der Waals surface area (Å²) in [4.78, 5) is 26.8. The lowest BCUT2D eigenvalue weighted by Gasteiger charge is -2.21. The lowest BCUT2D eigenvalue weighted by atomic mass is 10.1. The zero-order chi connectivity index (χ0) is 19.1. The highest BCUT2D eigenvalue weighted by atomic mass is 16.5. The van der Waals surface area contributed by atoms with Crippen LogP contribution in [0.3, 0.4) is 0 Å². The molecule has 0 saturated heterocycles. The molecule has 1 aromatic rings. The van der Waals surface area contributed by atoms with E-state index in [0.29, 0.717) is 0 Å². The van der Waals surface area contributed by atoms with E-state index in [-0.39, 0.29) is 18.1 Å². The van der Waals surface area contributed by atoms with Crippen molar-refractivity contribution in [1.82, 2.24) is 20.8 Å². The number of carbonyl (C=O) groups excluding carboxylic acids is 1. The van der Waals surface area contributed by atoms with Gasteiger partial charge in [-0.2, -0.15) is 4.98 Å². The first-order chi connectivity index (χ1) is 11.6. The number of amides is 2. The maximum atomic E-state index is 12.0. The highest BCUT2D eigenvalue weighted by Crippen LogP contribution is 2.17. The smallest absolute Gasteiger partial charge is 0.328 e. The van der Waals surface area contributed by atoms with Gasteiger partial charge in [0.05, 0.1) is 18.8 Å². The van der Waals surface area contributed by atoms with Crippen molar-refractivity contribution < 1.29 is 34.5 Å². The molecule has 25 heavy (non-hydrogen) atoms. The standard InChI is InChI=1S/C12H22N6O7/c1-4(20)8(11(22)23)16-12(24)15-6(2-7(14)21)10-17-9(18-25-10)5(13)3-19/h4-8,19-21H,2-3,13-14H2,1H3,(H,22,23)(H2,15,16,24)/t4?,5-,6-,7?,8-/m1/s1. The molecule has 2 unspecified atom stereocenters. The molecular formula is C12H22N6O7. The Kier molecular flexibility index (Phi) is 7.66. The van der Waals surface area contributed by atoms with Crippen LogP contribution >= 0.6 is 0 Å². The molecule has 0 radical (unpaired) electrons. The minimum absolute atomic E-state index is 0.0244. The number of nitrogens with one attached hydrogen (secondary N) is 2. The Morgan fingerprint density at radius 2 is 1.92 bits per heavy atom. The average molecular weight is 362 g/mol. The van der Waals surface area contributed by atoms with Crippen LogP contribution < -0.4 is 22.1 Å². The van der Waals surface area contributed by atoms with Crippen molar-refractivity contribution in [2.24, 2.45) is 11.5 Å². The van der Waals surface area contributed by atoms with Gasteiger partial charge in [0.15, 0.2) is 11.9 Å². The van der Waals surface area contributed by atoms with Gasteiger partial charge in [0, 0.05) is 6.42 Å². The molecule has 1 rings (SSSR count). The molecule has 142 valence electrons. The SMILES string of the molecule is CC(O)[C@@H](NC(=O)N[C@H](CC(N)O)c1nc([C@H](N)CO)no1)C(=O)O. The molecule has 1 heterocycles. The number of nitrogens with zero attached hydrogens (tertiary/aromatic N) is 2. The minimum atomic E-state index is -1.55. The van der Waals surface area contributed by atoms with Gasteiger partial charge in [-0.15, -0.1) is 0 Å². The van der Waals surface area contributed by atoms with E-state index in [1.54, 1.807) is 0 Å². The predicted octanol–water partition coefficient (Wildman–Crippen LogP) is -3.10. The van der Waals surface area contributed by atoms with E-state index in [2.05, 4.69) is 20.8 Å². The van der Waals surface area contributed by atoms with E-state index in [4.69, 9.17) is 26.2 Å². The van der Waals surface area contributed by atoms with Gasteiger partial charge in [0.25, 0.3) is 0 Å². The summed E-state index contributed by atoms with van der Waals surface area (Å²) in [6, 6.07) is -4.48. The summed E-state index contributed by atoms with van der Waals surface area (Å²) in [5.41, 5.74) is 10.8. The Balaban J connectivity index is 2.87. The van der Waals surface area contributed by atoms with Gasteiger partial charge >= 0.3 is 12.0 Å². The Morgan fingerprint density at radius 3 is 2.40 bits per heavy atom. The minimum Gasteiger partial charge on any atom is -0.480 e. The monoisotopic (exact) mass is 362 g/mol. The summed E-state index contributed by atoms with van der Waals surface area (Å²) in [6.45, 7) is 0.756. The first-order valence-electron chi connectivity index (χ1n) is 7.27. The van der Waals surface area contributed by atoms with Crippen LogP contribution in [0.4, 0.5) is 4.79 Å². The third-order valence-corrected chi connectivity index (χ3v) is 3.10. The summed E-state index contributed by atoms with van der Waals surface area (Å²) >= 11 is 0. The maximum absolute atomic E-state index is 12.0. The summed E-state index contributed by atoms with van der Waals surface area (Å²) in [5, 5.41) is 44.5. The van der Waals surface area contributed by atoms with Gasteiger partial charge in [-0.3, -0.25) is 0 Å². The number of nitrogens with two attached hydrogens (primary N) is 2. The van der Waals surface area contributed by atoms with E-state index in [1.165, 1.54) is 6.92 Å². The fraction of sp³-hybridized carbons (Fsp3) is 0.667. The molecule has 0 aliphatic heterocycles. The molecule has 13 nitrogen and oxygen atoms in total. The number of carbonyl (C=O) groups is 2. The quantitative estimate of drug-likeness (QED) is 0.205. The van der Waals surface area contributed by atoms with Gasteiger partial charge in [-0.25, -0.2) is 9.59 Å². The molecule has 0 bridgehead atoms. The maximum Gasteiger partial charge on any atom is 0.328 e. The molecule has 0 saturated carbocycles. The molecule has 2 amide bonds. The van der Waals surface area contributed by atoms with E-state index in [0.717, 1.165) is 0 Å². The molecule has 5 atom stereocenters. The van der Waals surface area contributed by atoms with Crippen LogP contribution in [0.1, 0.15) is 37.1 Å². The van der Waals surface area contributed by atoms with Gasteiger partial charge in [0.2, 0.25) is 5.89 Å². The number of carboxylic acids is 1. The number of aliphatic hydroxyl groups excluding tert-OH is 3. The molecule has 10 N–H and O–H groups in total. The highest BCUT2D eigenvalue weighted by molar-refractivity contribution is 5.83. The zero-order valence-corrected chi connectivity index (χ0v) is 13.4. The normalized spacial score (nSPS) is 17.2. The zero-order valence-electron chi connectivity index (χ0n) is 13.4. The second kappa shape index (κ2) is 9.24. The van der Waals surface area contributed by atoms with Crippen LogP contribution in [0.2, 0.25) is 0 Å². The van der Waals surface area contributed by atoms with Gasteiger partial charge in [0.1, 0.15) is 12.3 Å².